The first-order chi connectivity index (χ1) is 16.0. The molecular formula is C22H26N2O10. The summed E-state index contributed by atoms with van der Waals surface area (Å²) in [7, 11) is 0. The highest BCUT2D eigenvalue weighted by molar-refractivity contribution is 5.74. The van der Waals surface area contributed by atoms with Gasteiger partial charge in [-0.25, -0.2) is 0 Å². The Morgan fingerprint density at radius 2 is 1.68 bits per heavy atom. The van der Waals surface area contributed by atoms with Crippen LogP contribution < -0.4 is 10.1 Å². The van der Waals surface area contributed by atoms with Gasteiger partial charge in [-0.1, -0.05) is 6.07 Å². The zero-order valence-corrected chi connectivity index (χ0v) is 19.4. The van der Waals surface area contributed by atoms with Crippen LogP contribution >= 0.6 is 0 Å². The number of amides is 1. The maximum atomic E-state index is 12.0. The van der Waals surface area contributed by atoms with Crippen LogP contribution in [0.5, 0.6) is 6.08 Å². The van der Waals surface area contributed by atoms with Crippen molar-refractivity contribution in [1.82, 2.24) is 10.3 Å². The maximum absolute atomic E-state index is 12.0. The third-order valence-corrected chi connectivity index (χ3v) is 4.81. The molecule has 12 nitrogen and oxygen atoms in total. The number of aryl methyl sites for hydroxylation is 1. The van der Waals surface area contributed by atoms with Gasteiger partial charge >= 0.3 is 24.0 Å². The summed E-state index contributed by atoms with van der Waals surface area (Å²) >= 11 is 0. The molecule has 2 heterocycles. The highest BCUT2D eigenvalue weighted by atomic mass is 16.7. The number of fused-ring (bicyclic) bond motifs is 1. The first-order valence-electron chi connectivity index (χ1n) is 10.5. The topological polar surface area (TPSA) is 152 Å². The molecule has 1 aromatic heterocycles. The van der Waals surface area contributed by atoms with Crippen LogP contribution in [0, 0.1) is 6.92 Å². The summed E-state index contributed by atoms with van der Waals surface area (Å²) in [5, 5.41) is 2.60. The molecule has 0 spiro atoms. The van der Waals surface area contributed by atoms with Crippen molar-refractivity contribution in [2.45, 2.75) is 65.3 Å². The highest BCUT2D eigenvalue weighted by Gasteiger charge is 2.52. The van der Waals surface area contributed by atoms with Gasteiger partial charge in [0, 0.05) is 27.7 Å². The van der Waals surface area contributed by atoms with Gasteiger partial charge in [-0.15, -0.1) is 0 Å². The van der Waals surface area contributed by atoms with E-state index in [2.05, 4.69) is 10.3 Å². The number of nitrogens with zero attached hydrogens (tertiary/aromatic N) is 1. The molecule has 1 aliphatic rings. The second kappa shape index (κ2) is 10.5. The van der Waals surface area contributed by atoms with Crippen LogP contribution in [0.1, 0.15) is 33.3 Å². The summed E-state index contributed by atoms with van der Waals surface area (Å²) in [5.41, 5.74) is 1.95. The highest BCUT2D eigenvalue weighted by Crippen LogP contribution is 2.30. The van der Waals surface area contributed by atoms with Crippen molar-refractivity contribution < 1.29 is 47.3 Å². The van der Waals surface area contributed by atoms with Crippen molar-refractivity contribution in [2.75, 3.05) is 6.61 Å². The zero-order valence-electron chi connectivity index (χ0n) is 19.4. The number of hydrogen-bond donors (Lipinski definition) is 1. The zero-order chi connectivity index (χ0) is 25.0. The van der Waals surface area contributed by atoms with Crippen LogP contribution in [0.2, 0.25) is 0 Å². The summed E-state index contributed by atoms with van der Waals surface area (Å²) in [6, 6.07) is 4.22. The summed E-state index contributed by atoms with van der Waals surface area (Å²) < 4.78 is 33.1. The van der Waals surface area contributed by atoms with E-state index in [9.17, 15) is 19.2 Å². The van der Waals surface area contributed by atoms with Gasteiger partial charge in [0.05, 0.1) is 0 Å². The smallest absolute Gasteiger partial charge is 0.397 e. The number of carbonyl (C=O) groups excluding carboxylic acids is 4. The lowest BCUT2D eigenvalue weighted by molar-refractivity contribution is -0.259. The molecule has 1 aromatic carbocycles. The van der Waals surface area contributed by atoms with Gasteiger partial charge in [0.25, 0.3) is 0 Å². The molecule has 0 saturated carbocycles. The molecule has 0 radical (unpaired) electrons. The van der Waals surface area contributed by atoms with Gasteiger partial charge in [0.1, 0.15) is 24.3 Å². The van der Waals surface area contributed by atoms with E-state index in [-0.39, 0.29) is 12.7 Å². The van der Waals surface area contributed by atoms with E-state index in [1.54, 1.807) is 12.1 Å². The van der Waals surface area contributed by atoms with E-state index in [0.29, 0.717) is 11.1 Å². The largest absolute Gasteiger partial charge is 0.463 e. The molecule has 2 aromatic rings. The minimum Gasteiger partial charge on any atom is -0.463 e. The first-order valence-corrected chi connectivity index (χ1v) is 10.5. The lowest BCUT2D eigenvalue weighted by Crippen LogP contribution is -2.67. The van der Waals surface area contributed by atoms with Gasteiger partial charge in [0.2, 0.25) is 12.2 Å². The van der Waals surface area contributed by atoms with Crippen molar-refractivity contribution in [2.24, 2.45) is 0 Å². The number of carbonyl (C=O) groups is 4. The predicted octanol–water partition coefficient (Wildman–Crippen LogP) is 1.17. The average molecular weight is 478 g/mol. The molecule has 1 saturated heterocycles. The van der Waals surface area contributed by atoms with Crippen molar-refractivity contribution in [3.8, 4) is 6.08 Å². The maximum Gasteiger partial charge on any atom is 0.397 e. The minimum atomic E-state index is -1.31. The van der Waals surface area contributed by atoms with E-state index in [4.69, 9.17) is 28.1 Å². The van der Waals surface area contributed by atoms with Crippen LogP contribution in [0.25, 0.3) is 11.1 Å². The number of esters is 3. The van der Waals surface area contributed by atoms with E-state index in [1.807, 2.05) is 13.0 Å². The van der Waals surface area contributed by atoms with E-state index in [1.165, 1.54) is 13.8 Å². The molecule has 12 heteroatoms. The number of ether oxygens (including phenoxy) is 5. The van der Waals surface area contributed by atoms with Crippen LogP contribution in [0.3, 0.4) is 0 Å². The van der Waals surface area contributed by atoms with Crippen molar-refractivity contribution in [1.29, 1.82) is 0 Å². The summed E-state index contributed by atoms with van der Waals surface area (Å²) in [5.74, 6) is -2.51. The fourth-order valence-corrected chi connectivity index (χ4v) is 3.56. The fraction of sp³-hybridized carbons (Fsp3) is 0.500. The molecule has 5 atom stereocenters. The number of benzene rings is 1. The summed E-state index contributed by atoms with van der Waals surface area (Å²) in [6.07, 6.45) is -5.03. The van der Waals surface area contributed by atoms with Crippen molar-refractivity contribution in [3.05, 3.63) is 23.8 Å². The lowest BCUT2D eigenvalue weighted by Gasteiger charge is -2.44. The Morgan fingerprint density at radius 3 is 2.29 bits per heavy atom. The molecule has 3 rings (SSSR count). The average Bonchev–Trinajstić information content (AvgIpc) is 3.11. The standard InChI is InChI=1S/C22H26N2O10/c1-10-6-7-16-15(8-10)24-22(33-16)34-21-18(23-11(2)25)20(31-14(5)28)19(30-13(4)27)17(32-21)9-29-12(3)26/h6-8,17-21H,9H2,1-5H3,(H,23,25)/t17-,18+,19-,20+,21+/m1/s1. The molecule has 1 aliphatic heterocycles. The third kappa shape index (κ3) is 6.22. The van der Waals surface area contributed by atoms with Crippen LogP contribution in [-0.2, 0) is 38.1 Å². The predicted molar refractivity (Wildman–Crippen MR) is 113 cm³/mol. The van der Waals surface area contributed by atoms with Gasteiger partial charge in [-0.05, 0) is 24.6 Å². The Kier molecular flexibility index (Phi) is 7.72. The Bertz CT molecular complexity index is 1080. The van der Waals surface area contributed by atoms with E-state index >= 15 is 0 Å². The second-order valence-electron chi connectivity index (χ2n) is 7.79. The Morgan fingerprint density at radius 1 is 1.00 bits per heavy atom. The first kappa shape index (κ1) is 25.0. The molecule has 1 fully saturated rings. The number of aromatic nitrogens is 1. The fourth-order valence-electron chi connectivity index (χ4n) is 3.56. The van der Waals surface area contributed by atoms with Gasteiger partial charge in [-0.2, -0.15) is 4.98 Å². The Hall–Kier alpha value is -3.67. The van der Waals surface area contributed by atoms with Gasteiger partial charge < -0.3 is 33.4 Å². The van der Waals surface area contributed by atoms with Gasteiger partial charge in [-0.3, -0.25) is 19.2 Å². The monoisotopic (exact) mass is 478 g/mol. The third-order valence-electron chi connectivity index (χ3n) is 4.81. The Labute approximate surface area is 194 Å². The lowest BCUT2D eigenvalue weighted by atomic mass is 9.96. The van der Waals surface area contributed by atoms with Crippen LogP contribution in [-0.4, -0.2) is 66.0 Å². The molecule has 184 valence electrons. The molecule has 34 heavy (non-hydrogen) atoms. The van der Waals surface area contributed by atoms with E-state index in [0.717, 1.165) is 19.4 Å². The van der Waals surface area contributed by atoms with Crippen LogP contribution in [0.4, 0.5) is 0 Å². The minimum absolute atomic E-state index is 0.167. The Balaban J connectivity index is 1.98. The van der Waals surface area contributed by atoms with Crippen molar-refractivity contribution in [3.63, 3.8) is 0 Å². The van der Waals surface area contributed by atoms with Crippen LogP contribution in [0.15, 0.2) is 22.6 Å². The van der Waals surface area contributed by atoms with Crippen molar-refractivity contribution >= 4 is 34.9 Å². The normalized spacial score (nSPS) is 24.2. The molecular weight excluding hydrogens is 452 g/mol. The molecule has 0 bridgehead atoms. The van der Waals surface area contributed by atoms with Gasteiger partial charge in [0.15, 0.2) is 17.8 Å². The summed E-state index contributed by atoms with van der Waals surface area (Å²) in [6.45, 7) is 6.31. The molecule has 1 amide bonds. The molecule has 0 unspecified atom stereocenters. The number of rotatable bonds is 7. The summed E-state index contributed by atoms with van der Waals surface area (Å²) in [4.78, 5) is 51.3. The molecule has 0 aliphatic carbocycles. The second-order valence-corrected chi connectivity index (χ2v) is 7.79. The molecule has 1 N–H and O–H groups in total. The quantitative estimate of drug-likeness (QED) is 0.451. The number of oxazole rings is 1. The number of nitrogens with one attached hydrogen (secondary N) is 1. The number of hydrogen-bond acceptors (Lipinski definition) is 11. The van der Waals surface area contributed by atoms with E-state index < -0.39 is 54.5 Å². The SMILES string of the molecule is CC(=O)N[C@@H]1[C@H](Oc2nc3cc(C)ccc3o2)O[C@H](COC(C)=O)[C@@H](OC(C)=O)[C@H]1OC(C)=O.